The molecule has 27 heavy (non-hydrogen) atoms. The number of carbonyl (C=O) groups excluding carboxylic acids is 1. The fraction of sp³-hybridized carbons (Fsp3) is 0.444. The molecule has 0 unspecified atom stereocenters. The molecule has 1 atom stereocenters. The van der Waals surface area contributed by atoms with Crippen molar-refractivity contribution in [2.45, 2.75) is 44.1 Å². The largest absolute Gasteiger partial charge is 0.368 e. The first-order chi connectivity index (χ1) is 13.2. The van der Waals surface area contributed by atoms with Crippen molar-refractivity contribution in [2.24, 2.45) is 5.73 Å². The Kier molecular flexibility index (Phi) is 3.73. The number of H-pyrrole nitrogens is 1. The predicted octanol–water partition coefficient (Wildman–Crippen LogP) is 1.92. The monoisotopic (exact) mass is 366 g/mol. The Labute approximate surface area is 155 Å². The molecule has 4 heterocycles. The first-order valence-corrected chi connectivity index (χ1v) is 9.43. The van der Waals surface area contributed by atoms with Gasteiger partial charge in [0.1, 0.15) is 11.6 Å². The van der Waals surface area contributed by atoms with E-state index in [1.807, 2.05) is 29.3 Å². The third-order valence-electron chi connectivity index (χ3n) is 5.61. The number of rotatable bonds is 5. The Bertz CT molecular complexity index is 988. The molecule has 1 aliphatic heterocycles. The quantitative estimate of drug-likeness (QED) is 0.635. The zero-order valence-electron chi connectivity index (χ0n) is 14.9. The Hall–Kier alpha value is -3.10. The number of aromatic amines is 1. The van der Waals surface area contributed by atoms with E-state index in [2.05, 4.69) is 20.6 Å². The normalized spacial score (nSPS) is 20.1. The van der Waals surface area contributed by atoms with Gasteiger partial charge in [0.25, 0.3) is 0 Å². The highest BCUT2D eigenvalue weighted by molar-refractivity contribution is 5.84. The average Bonchev–Trinajstić information content (AvgIpc) is 3.33. The molecule has 0 spiro atoms. The zero-order valence-corrected chi connectivity index (χ0v) is 14.9. The molecule has 1 saturated carbocycles. The van der Waals surface area contributed by atoms with Gasteiger partial charge >= 0.3 is 0 Å². The smallest absolute Gasteiger partial charge is 0.246 e. The van der Waals surface area contributed by atoms with Crippen LogP contribution in [-0.2, 0) is 4.79 Å². The molecule has 1 amide bonds. The second-order valence-electron chi connectivity index (χ2n) is 7.31. The van der Waals surface area contributed by atoms with Gasteiger partial charge in [-0.15, -0.1) is 5.10 Å². The number of anilines is 3. The third-order valence-corrected chi connectivity index (χ3v) is 5.61. The summed E-state index contributed by atoms with van der Waals surface area (Å²) in [6.45, 7) is 0.716. The van der Waals surface area contributed by atoms with E-state index in [1.165, 1.54) is 19.3 Å². The summed E-state index contributed by atoms with van der Waals surface area (Å²) in [6, 6.07) is 5.55. The maximum Gasteiger partial charge on any atom is 0.246 e. The Morgan fingerprint density at radius 2 is 2.19 bits per heavy atom. The van der Waals surface area contributed by atoms with E-state index < -0.39 is 0 Å². The van der Waals surface area contributed by atoms with E-state index in [1.54, 1.807) is 4.52 Å². The summed E-state index contributed by atoms with van der Waals surface area (Å²) < 4.78 is 1.76. The molecule has 5 rings (SSSR count). The van der Waals surface area contributed by atoms with Crippen molar-refractivity contribution in [3.63, 3.8) is 0 Å². The molecule has 3 aromatic heterocycles. The number of nitrogens with zero attached hydrogens (tertiary/aromatic N) is 5. The summed E-state index contributed by atoms with van der Waals surface area (Å²) in [7, 11) is 0. The van der Waals surface area contributed by atoms with Crippen LogP contribution in [0.1, 0.15) is 43.7 Å². The minimum atomic E-state index is -0.360. The van der Waals surface area contributed by atoms with E-state index in [-0.39, 0.29) is 11.9 Å². The second kappa shape index (κ2) is 6.26. The van der Waals surface area contributed by atoms with Gasteiger partial charge in [0.05, 0.1) is 0 Å². The van der Waals surface area contributed by atoms with E-state index >= 15 is 0 Å². The number of nitrogens with two attached hydrogens (primary N) is 1. The first-order valence-electron chi connectivity index (χ1n) is 9.43. The number of primary amides is 1. The molecule has 1 aliphatic carbocycles. The van der Waals surface area contributed by atoms with Crippen molar-refractivity contribution < 1.29 is 4.79 Å². The molecule has 0 aromatic carbocycles. The van der Waals surface area contributed by atoms with Crippen LogP contribution in [0.4, 0.5) is 17.6 Å². The Morgan fingerprint density at radius 3 is 2.96 bits per heavy atom. The highest BCUT2D eigenvalue weighted by atomic mass is 16.1. The summed E-state index contributed by atoms with van der Waals surface area (Å²) in [4.78, 5) is 18.3. The SMILES string of the molecule is NC(=O)[C@H]1CCCN1c1nc(Nc2cc(C3CCC3)[nH]n2)c2cccn2n1. The van der Waals surface area contributed by atoms with E-state index in [9.17, 15) is 4.79 Å². The number of nitrogens with one attached hydrogen (secondary N) is 2. The van der Waals surface area contributed by atoms with Crippen molar-refractivity contribution in [1.29, 1.82) is 0 Å². The first kappa shape index (κ1) is 16.1. The van der Waals surface area contributed by atoms with Gasteiger partial charge in [-0.3, -0.25) is 9.89 Å². The van der Waals surface area contributed by atoms with Crippen LogP contribution < -0.4 is 16.0 Å². The van der Waals surface area contributed by atoms with Crippen LogP contribution in [0.15, 0.2) is 24.4 Å². The maximum absolute atomic E-state index is 11.8. The van der Waals surface area contributed by atoms with Gasteiger partial charge in [-0.25, -0.2) is 4.52 Å². The molecule has 9 nitrogen and oxygen atoms in total. The Morgan fingerprint density at radius 1 is 1.30 bits per heavy atom. The summed E-state index contributed by atoms with van der Waals surface area (Å²) in [6.07, 6.45) is 7.20. The molecule has 4 N–H and O–H groups in total. The van der Waals surface area contributed by atoms with Gasteiger partial charge in [-0.05, 0) is 37.8 Å². The maximum atomic E-state index is 11.8. The fourth-order valence-electron chi connectivity index (χ4n) is 3.89. The van der Waals surface area contributed by atoms with Crippen molar-refractivity contribution in [1.82, 2.24) is 24.8 Å². The summed E-state index contributed by atoms with van der Waals surface area (Å²) >= 11 is 0. The number of aromatic nitrogens is 5. The highest BCUT2D eigenvalue weighted by Crippen LogP contribution is 2.36. The van der Waals surface area contributed by atoms with Crippen LogP contribution in [-0.4, -0.2) is 43.3 Å². The molecule has 140 valence electrons. The van der Waals surface area contributed by atoms with Gasteiger partial charge in [0.15, 0.2) is 11.6 Å². The van der Waals surface area contributed by atoms with E-state index in [4.69, 9.17) is 10.7 Å². The summed E-state index contributed by atoms with van der Waals surface area (Å²) in [5.74, 6) is 2.14. The molecule has 9 heteroatoms. The summed E-state index contributed by atoms with van der Waals surface area (Å²) in [5.41, 5.74) is 7.57. The van der Waals surface area contributed by atoms with Crippen LogP contribution in [0.5, 0.6) is 0 Å². The third kappa shape index (κ3) is 2.79. The van der Waals surface area contributed by atoms with Crippen LogP contribution in [0.25, 0.3) is 5.52 Å². The molecule has 2 fully saturated rings. The standard InChI is InChI=1S/C18H22N8O/c19-16(27)13-6-2-8-25(13)18-21-17(14-7-3-9-26(14)24-18)20-15-10-12(22-23-15)11-4-1-5-11/h3,7,9-11,13H,1-2,4-6,8H2,(H2,19,27)(H2,20,21,22,23,24)/t13-/m1/s1. The topological polar surface area (TPSA) is 117 Å². The summed E-state index contributed by atoms with van der Waals surface area (Å²) in [5, 5.41) is 15.4. The number of hydrogen-bond donors (Lipinski definition) is 3. The van der Waals surface area contributed by atoms with Gasteiger partial charge < -0.3 is 16.0 Å². The minimum absolute atomic E-state index is 0.337. The van der Waals surface area contributed by atoms with Gasteiger partial charge in [0, 0.05) is 30.4 Å². The van der Waals surface area contributed by atoms with Crippen LogP contribution in [0.2, 0.25) is 0 Å². The molecule has 2 aliphatic rings. The van der Waals surface area contributed by atoms with Crippen molar-refractivity contribution in [3.05, 3.63) is 30.1 Å². The van der Waals surface area contributed by atoms with E-state index in [0.29, 0.717) is 24.2 Å². The lowest BCUT2D eigenvalue weighted by Gasteiger charge is -2.23. The van der Waals surface area contributed by atoms with Crippen LogP contribution in [0, 0.1) is 0 Å². The lowest BCUT2D eigenvalue weighted by molar-refractivity contribution is -0.119. The molecule has 3 aromatic rings. The lowest BCUT2D eigenvalue weighted by atomic mass is 9.83. The van der Waals surface area contributed by atoms with Gasteiger partial charge in [-0.1, -0.05) is 6.42 Å². The zero-order chi connectivity index (χ0) is 18.4. The lowest BCUT2D eigenvalue weighted by Crippen LogP contribution is -2.41. The highest BCUT2D eigenvalue weighted by Gasteiger charge is 2.31. The second-order valence-corrected chi connectivity index (χ2v) is 7.31. The van der Waals surface area contributed by atoms with Crippen LogP contribution >= 0.6 is 0 Å². The number of carbonyl (C=O) groups is 1. The van der Waals surface area contributed by atoms with Crippen molar-refractivity contribution in [2.75, 3.05) is 16.8 Å². The molecule has 0 radical (unpaired) electrons. The number of amides is 1. The molecular weight excluding hydrogens is 344 g/mol. The molecule has 1 saturated heterocycles. The Balaban J connectivity index is 1.48. The van der Waals surface area contributed by atoms with Gasteiger partial charge in [0.2, 0.25) is 11.9 Å². The van der Waals surface area contributed by atoms with Crippen molar-refractivity contribution >= 4 is 29.0 Å². The molecular formula is C18H22N8O. The number of hydrogen-bond acceptors (Lipinski definition) is 6. The average molecular weight is 366 g/mol. The van der Waals surface area contributed by atoms with E-state index in [0.717, 1.165) is 29.9 Å². The minimum Gasteiger partial charge on any atom is -0.368 e. The van der Waals surface area contributed by atoms with Gasteiger partial charge in [-0.2, -0.15) is 10.1 Å². The molecule has 0 bridgehead atoms. The van der Waals surface area contributed by atoms with Crippen molar-refractivity contribution in [3.8, 4) is 0 Å². The van der Waals surface area contributed by atoms with Crippen LogP contribution in [0.3, 0.4) is 0 Å². The fourth-order valence-corrected chi connectivity index (χ4v) is 3.89. The predicted molar refractivity (Wildman–Crippen MR) is 101 cm³/mol. The number of fused-ring (bicyclic) bond motifs is 1.